The average Bonchev–Trinajstić information content (AvgIpc) is 2.47. The standard InChI is InChI=1S/C14H18FNO4S/c1-20-14(17)10-12-6-2-3-8-16(12)21(18,19)13-7-4-5-11(15)9-13/h4-5,7,9,12H,2-3,6,8,10H2,1H3. The number of carbonyl (C=O) groups is 1. The Morgan fingerprint density at radius 2 is 2.19 bits per heavy atom. The van der Waals surface area contributed by atoms with Gasteiger partial charge in [-0.3, -0.25) is 4.79 Å². The number of hydrogen-bond donors (Lipinski definition) is 0. The van der Waals surface area contributed by atoms with Crippen LogP contribution in [0.5, 0.6) is 0 Å². The normalized spacial score (nSPS) is 20.2. The predicted octanol–water partition coefficient (Wildman–Crippen LogP) is 1.93. The van der Waals surface area contributed by atoms with E-state index in [9.17, 15) is 17.6 Å². The Kier molecular flexibility index (Phi) is 4.95. The molecule has 1 heterocycles. The molecule has 0 aliphatic carbocycles. The van der Waals surface area contributed by atoms with Crippen molar-refractivity contribution in [2.24, 2.45) is 0 Å². The highest BCUT2D eigenvalue weighted by Gasteiger charge is 2.34. The zero-order chi connectivity index (χ0) is 15.5. The molecule has 1 unspecified atom stereocenters. The highest BCUT2D eigenvalue weighted by Crippen LogP contribution is 2.27. The maximum absolute atomic E-state index is 13.3. The molecule has 0 bridgehead atoms. The van der Waals surface area contributed by atoms with E-state index < -0.39 is 27.9 Å². The van der Waals surface area contributed by atoms with Crippen molar-refractivity contribution in [2.75, 3.05) is 13.7 Å². The zero-order valence-electron chi connectivity index (χ0n) is 11.8. The Morgan fingerprint density at radius 1 is 1.43 bits per heavy atom. The smallest absolute Gasteiger partial charge is 0.307 e. The van der Waals surface area contributed by atoms with Crippen LogP contribution in [0.3, 0.4) is 0 Å². The molecule has 1 aromatic rings. The van der Waals surface area contributed by atoms with Gasteiger partial charge in [-0.1, -0.05) is 12.5 Å². The number of benzene rings is 1. The van der Waals surface area contributed by atoms with Gasteiger partial charge in [0.25, 0.3) is 0 Å². The summed E-state index contributed by atoms with van der Waals surface area (Å²) in [5.41, 5.74) is 0. The molecule has 0 saturated carbocycles. The molecule has 1 fully saturated rings. The van der Waals surface area contributed by atoms with E-state index in [0.717, 1.165) is 18.9 Å². The SMILES string of the molecule is COC(=O)CC1CCCCN1S(=O)(=O)c1cccc(F)c1. The van der Waals surface area contributed by atoms with Crippen LogP contribution < -0.4 is 0 Å². The average molecular weight is 315 g/mol. The summed E-state index contributed by atoms with van der Waals surface area (Å²) in [7, 11) is -2.53. The van der Waals surface area contributed by atoms with E-state index in [0.29, 0.717) is 13.0 Å². The lowest BCUT2D eigenvalue weighted by atomic mass is 10.0. The van der Waals surface area contributed by atoms with Gasteiger partial charge < -0.3 is 4.74 Å². The van der Waals surface area contributed by atoms with Gasteiger partial charge in [-0.05, 0) is 31.0 Å². The summed E-state index contributed by atoms with van der Waals surface area (Å²) in [5, 5.41) is 0. The van der Waals surface area contributed by atoms with E-state index in [1.165, 1.54) is 29.6 Å². The first-order chi connectivity index (χ1) is 9.95. The van der Waals surface area contributed by atoms with Crippen LogP contribution in [-0.2, 0) is 19.6 Å². The van der Waals surface area contributed by atoms with Gasteiger partial charge in [0.2, 0.25) is 10.0 Å². The molecular weight excluding hydrogens is 297 g/mol. The Morgan fingerprint density at radius 3 is 2.86 bits per heavy atom. The zero-order valence-corrected chi connectivity index (χ0v) is 12.6. The number of ether oxygens (including phenoxy) is 1. The summed E-state index contributed by atoms with van der Waals surface area (Å²) in [5.74, 6) is -1.04. The van der Waals surface area contributed by atoms with Crippen LogP contribution in [0.4, 0.5) is 4.39 Å². The van der Waals surface area contributed by atoms with E-state index in [1.807, 2.05) is 0 Å². The van der Waals surface area contributed by atoms with Crippen LogP contribution in [0.25, 0.3) is 0 Å². The first-order valence-corrected chi connectivity index (χ1v) is 8.23. The first kappa shape index (κ1) is 15.9. The highest BCUT2D eigenvalue weighted by molar-refractivity contribution is 7.89. The molecule has 5 nitrogen and oxygen atoms in total. The van der Waals surface area contributed by atoms with Crippen molar-refractivity contribution < 1.29 is 22.3 Å². The molecule has 7 heteroatoms. The molecule has 2 rings (SSSR count). The minimum absolute atomic E-state index is 0.0189. The molecule has 116 valence electrons. The second-order valence-electron chi connectivity index (χ2n) is 5.00. The minimum atomic E-state index is -3.80. The molecule has 1 saturated heterocycles. The largest absolute Gasteiger partial charge is 0.469 e. The molecule has 0 radical (unpaired) electrons. The van der Waals surface area contributed by atoms with Crippen molar-refractivity contribution in [3.63, 3.8) is 0 Å². The molecule has 0 spiro atoms. The van der Waals surface area contributed by atoms with Gasteiger partial charge >= 0.3 is 5.97 Å². The van der Waals surface area contributed by atoms with Gasteiger partial charge in [-0.25, -0.2) is 12.8 Å². The molecular formula is C14H18FNO4S. The summed E-state index contributed by atoms with van der Waals surface area (Å²) in [6, 6.07) is 4.49. The van der Waals surface area contributed by atoms with Crippen LogP contribution in [0.15, 0.2) is 29.2 Å². The van der Waals surface area contributed by atoms with E-state index in [4.69, 9.17) is 0 Å². The van der Waals surface area contributed by atoms with Crippen LogP contribution in [0.1, 0.15) is 25.7 Å². The molecule has 1 atom stereocenters. The van der Waals surface area contributed by atoms with Crippen molar-refractivity contribution >= 4 is 16.0 Å². The van der Waals surface area contributed by atoms with Crippen LogP contribution in [0, 0.1) is 5.82 Å². The number of carbonyl (C=O) groups excluding carboxylic acids is 1. The maximum Gasteiger partial charge on any atom is 0.307 e. The van der Waals surface area contributed by atoms with E-state index in [-0.39, 0.29) is 11.3 Å². The molecule has 0 aromatic heterocycles. The minimum Gasteiger partial charge on any atom is -0.469 e. The highest BCUT2D eigenvalue weighted by atomic mass is 32.2. The molecule has 21 heavy (non-hydrogen) atoms. The summed E-state index contributed by atoms with van der Waals surface area (Å²) in [4.78, 5) is 11.4. The Labute approximate surface area is 123 Å². The molecule has 1 aromatic carbocycles. The van der Waals surface area contributed by atoms with Crippen molar-refractivity contribution in [3.8, 4) is 0 Å². The number of rotatable bonds is 4. The number of esters is 1. The lowest BCUT2D eigenvalue weighted by molar-refractivity contribution is -0.141. The maximum atomic E-state index is 13.3. The van der Waals surface area contributed by atoms with Gasteiger partial charge in [-0.2, -0.15) is 4.31 Å². The summed E-state index contributed by atoms with van der Waals surface area (Å²) in [6.45, 7) is 0.334. The molecule has 1 aliphatic heterocycles. The summed E-state index contributed by atoms with van der Waals surface area (Å²) in [6.07, 6.45) is 2.21. The van der Waals surface area contributed by atoms with Crippen LogP contribution in [0.2, 0.25) is 0 Å². The number of hydrogen-bond acceptors (Lipinski definition) is 4. The quantitative estimate of drug-likeness (QED) is 0.797. The van der Waals surface area contributed by atoms with E-state index in [2.05, 4.69) is 4.74 Å². The summed E-state index contributed by atoms with van der Waals surface area (Å²) >= 11 is 0. The van der Waals surface area contributed by atoms with Crippen molar-refractivity contribution in [3.05, 3.63) is 30.1 Å². The van der Waals surface area contributed by atoms with Crippen molar-refractivity contribution in [2.45, 2.75) is 36.6 Å². The van der Waals surface area contributed by atoms with Crippen molar-refractivity contribution in [1.82, 2.24) is 4.31 Å². The van der Waals surface area contributed by atoms with Gasteiger partial charge in [0.15, 0.2) is 0 Å². The van der Waals surface area contributed by atoms with Crippen molar-refractivity contribution in [1.29, 1.82) is 0 Å². The van der Waals surface area contributed by atoms with E-state index in [1.54, 1.807) is 0 Å². The second-order valence-corrected chi connectivity index (χ2v) is 6.89. The lowest BCUT2D eigenvalue weighted by Gasteiger charge is -2.34. The fourth-order valence-electron chi connectivity index (χ4n) is 2.53. The van der Waals surface area contributed by atoms with Gasteiger partial charge in [0, 0.05) is 12.6 Å². The third-order valence-electron chi connectivity index (χ3n) is 3.61. The van der Waals surface area contributed by atoms with Gasteiger partial charge in [0.1, 0.15) is 5.82 Å². The third-order valence-corrected chi connectivity index (χ3v) is 5.55. The lowest BCUT2D eigenvalue weighted by Crippen LogP contribution is -2.44. The number of sulfonamides is 1. The molecule has 0 N–H and O–H groups in total. The molecule has 1 aliphatic rings. The van der Waals surface area contributed by atoms with Crippen LogP contribution >= 0.6 is 0 Å². The first-order valence-electron chi connectivity index (χ1n) is 6.79. The van der Waals surface area contributed by atoms with E-state index >= 15 is 0 Å². The Bertz CT molecular complexity index is 617. The monoisotopic (exact) mass is 315 g/mol. The fraction of sp³-hybridized carbons (Fsp3) is 0.500. The summed E-state index contributed by atoms with van der Waals surface area (Å²) < 4.78 is 44.4. The third kappa shape index (κ3) is 3.59. The Balaban J connectivity index is 2.29. The molecule has 0 amide bonds. The number of methoxy groups -OCH3 is 1. The van der Waals surface area contributed by atoms with Gasteiger partial charge in [0.05, 0.1) is 18.4 Å². The Hall–Kier alpha value is -1.47. The number of halogens is 1. The number of piperidine rings is 1. The second kappa shape index (κ2) is 6.53. The van der Waals surface area contributed by atoms with Crippen LogP contribution in [-0.4, -0.2) is 38.4 Å². The van der Waals surface area contributed by atoms with Gasteiger partial charge in [-0.15, -0.1) is 0 Å². The fourth-order valence-corrected chi connectivity index (χ4v) is 4.26. The number of nitrogens with zero attached hydrogens (tertiary/aromatic N) is 1. The predicted molar refractivity (Wildman–Crippen MR) is 74.6 cm³/mol. The topological polar surface area (TPSA) is 63.7 Å².